The first-order valence-corrected chi connectivity index (χ1v) is 9.54. The summed E-state index contributed by atoms with van der Waals surface area (Å²) in [4.78, 5) is 6.98. The molecule has 4 heteroatoms. The average molecular weight is 362 g/mol. The summed E-state index contributed by atoms with van der Waals surface area (Å²) in [6, 6.07) is 19.0. The minimum absolute atomic E-state index is 0.764. The number of hydrogen-bond acceptors (Lipinski definition) is 3. The Balaban J connectivity index is 1.98. The zero-order chi connectivity index (χ0) is 18.1. The summed E-state index contributed by atoms with van der Waals surface area (Å²) in [6.07, 6.45) is 4.49. The Bertz CT molecular complexity index is 973. The summed E-state index contributed by atoms with van der Waals surface area (Å²) in [5.74, 6) is 0.939. The van der Waals surface area contributed by atoms with E-state index in [1.165, 1.54) is 29.8 Å². The smallest absolute Gasteiger partial charge is 0.146 e. The minimum atomic E-state index is 0.764. The molecule has 0 spiro atoms. The van der Waals surface area contributed by atoms with E-state index in [4.69, 9.17) is 17.2 Å². The van der Waals surface area contributed by atoms with Crippen molar-refractivity contribution in [1.29, 1.82) is 0 Å². The maximum atomic E-state index is 5.66. The zero-order valence-electron chi connectivity index (χ0n) is 15.3. The van der Waals surface area contributed by atoms with Crippen molar-refractivity contribution in [2.45, 2.75) is 25.7 Å². The molecule has 0 saturated carbocycles. The first-order chi connectivity index (χ1) is 12.6. The summed E-state index contributed by atoms with van der Waals surface area (Å²) in [7, 11) is 4.12. The lowest BCUT2D eigenvalue weighted by molar-refractivity contribution is 0.642. The van der Waals surface area contributed by atoms with Crippen LogP contribution in [0.1, 0.15) is 24.1 Å². The van der Waals surface area contributed by atoms with Crippen molar-refractivity contribution >= 4 is 17.9 Å². The predicted octanol–water partition coefficient (Wildman–Crippen LogP) is 5.21. The van der Waals surface area contributed by atoms with Crippen LogP contribution in [0.3, 0.4) is 0 Å². The van der Waals surface area contributed by atoms with Gasteiger partial charge >= 0.3 is 0 Å². The van der Waals surface area contributed by atoms with E-state index in [1.807, 2.05) is 6.07 Å². The van der Waals surface area contributed by atoms with E-state index in [0.717, 1.165) is 34.6 Å². The Morgan fingerprint density at radius 2 is 1.62 bits per heavy atom. The molecule has 1 heterocycles. The van der Waals surface area contributed by atoms with E-state index in [2.05, 4.69) is 72.1 Å². The van der Waals surface area contributed by atoms with Crippen LogP contribution in [0.25, 0.3) is 17.1 Å². The second-order valence-electron chi connectivity index (χ2n) is 6.99. The largest absolute Gasteiger partial charge is 0.378 e. The highest BCUT2D eigenvalue weighted by Gasteiger charge is 2.20. The minimum Gasteiger partial charge on any atom is -0.378 e. The van der Waals surface area contributed by atoms with Crippen LogP contribution in [-0.2, 0) is 12.8 Å². The molecule has 26 heavy (non-hydrogen) atoms. The molecule has 0 saturated heterocycles. The van der Waals surface area contributed by atoms with Gasteiger partial charge in [-0.3, -0.25) is 4.57 Å². The fourth-order valence-electron chi connectivity index (χ4n) is 3.67. The molecule has 3 nitrogen and oxygen atoms in total. The van der Waals surface area contributed by atoms with Crippen molar-refractivity contribution < 1.29 is 0 Å². The van der Waals surface area contributed by atoms with Crippen LogP contribution < -0.4 is 4.90 Å². The average Bonchev–Trinajstić information content (AvgIpc) is 2.69. The summed E-state index contributed by atoms with van der Waals surface area (Å²) in [5.41, 5.74) is 6.02. The van der Waals surface area contributed by atoms with Gasteiger partial charge in [-0.15, -0.1) is 0 Å². The molecule has 0 bridgehead atoms. The molecule has 0 unspecified atom stereocenters. The monoisotopic (exact) mass is 361 g/mol. The molecule has 1 aliphatic rings. The van der Waals surface area contributed by atoms with Crippen LogP contribution in [0.5, 0.6) is 0 Å². The Morgan fingerprint density at radius 3 is 2.31 bits per heavy atom. The van der Waals surface area contributed by atoms with Crippen molar-refractivity contribution in [2.75, 3.05) is 19.0 Å². The summed E-state index contributed by atoms with van der Waals surface area (Å²) in [6.45, 7) is 0. The van der Waals surface area contributed by atoms with Gasteiger partial charge in [-0.05, 0) is 49.9 Å². The number of fused-ring (bicyclic) bond motifs is 1. The Hall–Kier alpha value is -2.46. The Kier molecular flexibility index (Phi) is 4.60. The quantitative estimate of drug-likeness (QED) is 0.597. The van der Waals surface area contributed by atoms with Crippen LogP contribution in [-0.4, -0.2) is 23.6 Å². The molecule has 0 amide bonds. The van der Waals surface area contributed by atoms with Gasteiger partial charge in [-0.1, -0.05) is 42.5 Å². The standard InChI is InChI=1S/C22H23N3S/c1-24(2)17-12-14-18(15-13-17)25-20-11-7-6-10-19(20)22(26)23-21(25)16-8-4-3-5-9-16/h3-5,8-9,12-15H,6-7,10-11H2,1-2H3. The zero-order valence-corrected chi connectivity index (χ0v) is 16.1. The first kappa shape index (κ1) is 17.0. The molecule has 3 aromatic rings. The molecular formula is C22H23N3S. The number of anilines is 1. The van der Waals surface area contributed by atoms with Crippen LogP contribution in [0, 0.1) is 4.64 Å². The van der Waals surface area contributed by atoms with Gasteiger partial charge in [0.2, 0.25) is 0 Å². The number of benzene rings is 2. The van der Waals surface area contributed by atoms with Crippen LogP contribution in [0.4, 0.5) is 5.69 Å². The van der Waals surface area contributed by atoms with Gasteiger partial charge in [0.25, 0.3) is 0 Å². The molecule has 1 aromatic heterocycles. The molecule has 0 atom stereocenters. The first-order valence-electron chi connectivity index (χ1n) is 9.13. The molecule has 0 fully saturated rings. The van der Waals surface area contributed by atoms with E-state index in [0.29, 0.717) is 0 Å². The van der Waals surface area contributed by atoms with Crippen LogP contribution >= 0.6 is 12.2 Å². The lowest BCUT2D eigenvalue weighted by atomic mass is 9.96. The fraction of sp³-hybridized carbons (Fsp3) is 0.273. The second kappa shape index (κ2) is 7.04. The number of aromatic nitrogens is 2. The maximum absolute atomic E-state index is 5.66. The molecule has 1 aliphatic carbocycles. The third-order valence-corrected chi connectivity index (χ3v) is 5.38. The van der Waals surface area contributed by atoms with E-state index in [9.17, 15) is 0 Å². The number of rotatable bonds is 3. The second-order valence-corrected chi connectivity index (χ2v) is 7.37. The molecule has 0 radical (unpaired) electrons. The Morgan fingerprint density at radius 1 is 0.923 bits per heavy atom. The van der Waals surface area contributed by atoms with Gasteiger partial charge in [0.15, 0.2) is 0 Å². The summed E-state index contributed by atoms with van der Waals surface area (Å²) >= 11 is 5.66. The fourth-order valence-corrected chi connectivity index (χ4v) is 3.97. The SMILES string of the molecule is CN(C)c1ccc(-n2c(-c3ccccc3)nc(=S)c3c2CCCC3)cc1. The lowest BCUT2D eigenvalue weighted by Gasteiger charge is -2.25. The van der Waals surface area contributed by atoms with Gasteiger partial charge in [-0.25, -0.2) is 4.98 Å². The van der Waals surface area contributed by atoms with Crippen molar-refractivity contribution in [3.63, 3.8) is 0 Å². The maximum Gasteiger partial charge on any atom is 0.146 e. The predicted molar refractivity (Wildman–Crippen MR) is 111 cm³/mol. The normalized spacial score (nSPS) is 13.3. The topological polar surface area (TPSA) is 21.1 Å². The van der Waals surface area contributed by atoms with E-state index in [1.54, 1.807) is 0 Å². The summed E-state index contributed by atoms with van der Waals surface area (Å²) < 4.78 is 3.08. The highest BCUT2D eigenvalue weighted by Crippen LogP contribution is 2.30. The van der Waals surface area contributed by atoms with Crippen molar-refractivity contribution in [3.05, 3.63) is 70.5 Å². The highest BCUT2D eigenvalue weighted by atomic mass is 32.1. The third-order valence-electron chi connectivity index (χ3n) is 5.04. The van der Waals surface area contributed by atoms with Crippen molar-refractivity contribution in [3.8, 4) is 17.1 Å². The third kappa shape index (κ3) is 3.06. The van der Waals surface area contributed by atoms with Gasteiger partial charge < -0.3 is 4.90 Å². The van der Waals surface area contributed by atoms with Crippen LogP contribution in [0.15, 0.2) is 54.6 Å². The van der Waals surface area contributed by atoms with Gasteiger partial charge in [0.1, 0.15) is 10.5 Å². The van der Waals surface area contributed by atoms with Crippen LogP contribution in [0.2, 0.25) is 0 Å². The molecule has 0 N–H and O–H groups in total. The number of hydrogen-bond donors (Lipinski definition) is 0. The Labute approximate surface area is 159 Å². The molecular weight excluding hydrogens is 338 g/mol. The van der Waals surface area contributed by atoms with E-state index < -0.39 is 0 Å². The van der Waals surface area contributed by atoms with Gasteiger partial charge in [-0.2, -0.15) is 0 Å². The highest BCUT2D eigenvalue weighted by molar-refractivity contribution is 7.71. The molecule has 132 valence electrons. The van der Waals surface area contributed by atoms with E-state index >= 15 is 0 Å². The summed E-state index contributed by atoms with van der Waals surface area (Å²) in [5, 5.41) is 0. The van der Waals surface area contributed by atoms with Gasteiger partial charge in [0, 0.05) is 42.3 Å². The molecule has 2 aromatic carbocycles. The lowest BCUT2D eigenvalue weighted by Crippen LogP contribution is -2.17. The molecule has 0 aliphatic heterocycles. The van der Waals surface area contributed by atoms with Crippen molar-refractivity contribution in [1.82, 2.24) is 9.55 Å². The molecule has 4 rings (SSSR count). The van der Waals surface area contributed by atoms with E-state index in [-0.39, 0.29) is 0 Å². The number of nitrogens with zero attached hydrogens (tertiary/aromatic N) is 3. The van der Waals surface area contributed by atoms with Crippen molar-refractivity contribution in [2.24, 2.45) is 0 Å². The van der Waals surface area contributed by atoms with Gasteiger partial charge in [0.05, 0.1) is 0 Å².